The van der Waals surface area contributed by atoms with Gasteiger partial charge in [0, 0.05) is 25.4 Å². The lowest BCUT2D eigenvalue weighted by Crippen LogP contribution is -2.39. The van der Waals surface area contributed by atoms with Crippen LogP contribution in [0.15, 0.2) is 24.7 Å². The summed E-state index contributed by atoms with van der Waals surface area (Å²) in [5.41, 5.74) is 0.584. The number of likely N-dealkylation sites (tertiary alicyclic amines) is 1. The lowest BCUT2D eigenvalue weighted by atomic mass is 10.00. The van der Waals surface area contributed by atoms with Gasteiger partial charge in [0.2, 0.25) is 5.88 Å². The van der Waals surface area contributed by atoms with Crippen molar-refractivity contribution in [1.82, 2.24) is 24.6 Å². The molecule has 0 N–H and O–H groups in total. The number of carbonyl (C=O) groups excluding carboxylic acids is 1. The number of rotatable bonds is 5. The number of nitrogens with zero attached hydrogens (tertiary/aromatic N) is 5. The Morgan fingerprint density at radius 1 is 1.28 bits per heavy atom. The maximum atomic E-state index is 13.0. The van der Waals surface area contributed by atoms with Crippen molar-refractivity contribution >= 4 is 5.91 Å². The summed E-state index contributed by atoms with van der Waals surface area (Å²) in [7, 11) is 1.57. The first-order chi connectivity index (χ1) is 12.3. The molecule has 1 aliphatic carbocycles. The van der Waals surface area contributed by atoms with E-state index >= 15 is 0 Å². The Balaban J connectivity index is 1.57. The minimum Gasteiger partial charge on any atom is -0.481 e. The van der Waals surface area contributed by atoms with Gasteiger partial charge in [-0.05, 0) is 44.1 Å². The van der Waals surface area contributed by atoms with Gasteiger partial charge in [0.05, 0.1) is 18.7 Å². The van der Waals surface area contributed by atoms with Crippen molar-refractivity contribution in [3.63, 3.8) is 0 Å². The second-order valence-corrected chi connectivity index (χ2v) is 6.88. The van der Waals surface area contributed by atoms with Crippen LogP contribution in [0.4, 0.5) is 0 Å². The number of hydrogen-bond acceptors (Lipinski definition) is 5. The number of hydrogen-bond donors (Lipinski definition) is 0. The molecule has 4 rings (SSSR count). The molecule has 0 bridgehead atoms. The number of carbonyl (C=O) groups is 1. The third kappa shape index (κ3) is 3.36. The molecule has 25 heavy (non-hydrogen) atoms. The highest BCUT2D eigenvalue weighted by atomic mass is 16.5. The zero-order chi connectivity index (χ0) is 17.2. The molecule has 2 aromatic heterocycles. The molecule has 0 spiro atoms. The Hall–Kier alpha value is -2.44. The van der Waals surface area contributed by atoms with Gasteiger partial charge in [-0.3, -0.25) is 4.79 Å². The molecule has 7 nitrogen and oxygen atoms in total. The number of aromatic nitrogens is 4. The van der Waals surface area contributed by atoms with Gasteiger partial charge in [0.1, 0.15) is 6.33 Å². The molecule has 1 atom stereocenters. The van der Waals surface area contributed by atoms with Crippen LogP contribution in [-0.4, -0.2) is 44.2 Å². The maximum Gasteiger partial charge on any atom is 0.256 e. The largest absolute Gasteiger partial charge is 0.481 e. The minimum atomic E-state index is -0.00963. The molecule has 0 unspecified atom stereocenters. The molecular weight excluding hydrogens is 318 g/mol. The first kappa shape index (κ1) is 16.1. The van der Waals surface area contributed by atoms with Crippen molar-refractivity contribution in [1.29, 1.82) is 0 Å². The number of methoxy groups -OCH3 is 1. The van der Waals surface area contributed by atoms with Gasteiger partial charge in [0.25, 0.3) is 5.91 Å². The highest BCUT2D eigenvalue weighted by Crippen LogP contribution is 2.34. The average Bonchev–Trinajstić information content (AvgIpc) is 3.36. The molecular formula is C18H23N5O2. The van der Waals surface area contributed by atoms with E-state index in [-0.39, 0.29) is 11.9 Å². The molecule has 3 heterocycles. The summed E-state index contributed by atoms with van der Waals surface area (Å²) in [5, 5.41) is 8.47. The zero-order valence-electron chi connectivity index (χ0n) is 14.5. The van der Waals surface area contributed by atoms with Crippen molar-refractivity contribution in [3.05, 3.63) is 36.0 Å². The Labute approximate surface area is 147 Å². The van der Waals surface area contributed by atoms with E-state index in [2.05, 4.69) is 19.7 Å². The van der Waals surface area contributed by atoms with Gasteiger partial charge < -0.3 is 14.2 Å². The molecule has 2 aliphatic rings. The first-order valence-electron chi connectivity index (χ1n) is 8.95. The van der Waals surface area contributed by atoms with Crippen LogP contribution >= 0.6 is 0 Å². The molecule has 7 heteroatoms. The van der Waals surface area contributed by atoms with E-state index < -0.39 is 0 Å². The summed E-state index contributed by atoms with van der Waals surface area (Å²) >= 11 is 0. The van der Waals surface area contributed by atoms with E-state index in [0.717, 1.165) is 44.1 Å². The summed E-state index contributed by atoms with van der Waals surface area (Å²) in [6.45, 7) is 1.71. The molecule has 1 amide bonds. The molecule has 1 saturated carbocycles. The molecule has 1 saturated heterocycles. The van der Waals surface area contributed by atoms with Crippen molar-refractivity contribution in [2.45, 2.75) is 44.7 Å². The lowest BCUT2D eigenvalue weighted by molar-refractivity contribution is 0.0593. The van der Waals surface area contributed by atoms with Gasteiger partial charge in [-0.15, -0.1) is 10.2 Å². The Morgan fingerprint density at radius 2 is 2.16 bits per heavy atom. The number of pyridine rings is 1. The summed E-state index contributed by atoms with van der Waals surface area (Å²) in [5.74, 6) is 2.17. The van der Waals surface area contributed by atoms with Crippen LogP contribution in [-0.2, 0) is 6.54 Å². The van der Waals surface area contributed by atoms with Crippen LogP contribution in [0.1, 0.15) is 54.3 Å². The van der Waals surface area contributed by atoms with E-state index in [0.29, 0.717) is 11.4 Å². The van der Waals surface area contributed by atoms with Crippen molar-refractivity contribution in [2.75, 3.05) is 13.7 Å². The van der Waals surface area contributed by atoms with E-state index in [1.807, 2.05) is 4.90 Å². The minimum absolute atomic E-state index is 0.000764. The second kappa shape index (κ2) is 6.82. The van der Waals surface area contributed by atoms with Gasteiger partial charge in [-0.1, -0.05) is 0 Å². The van der Waals surface area contributed by atoms with Gasteiger partial charge in [-0.25, -0.2) is 4.98 Å². The first-order valence-corrected chi connectivity index (χ1v) is 8.95. The fraction of sp³-hybridized carbons (Fsp3) is 0.556. The molecule has 2 fully saturated rings. The van der Waals surface area contributed by atoms with Gasteiger partial charge in [0.15, 0.2) is 5.82 Å². The Morgan fingerprint density at radius 3 is 2.88 bits per heavy atom. The van der Waals surface area contributed by atoms with Crippen LogP contribution in [0.3, 0.4) is 0 Å². The summed E-state index contributed by atoms with van der Waals surface area (Å²) in [6, 6.07) is 3.49. The Kier molecular flexibility index (Phi) is 4.38. The summed E-state index contributed by atoms with van der Waals surface area (Å²) in [6.07, 6.45) is 9.00. The van der Waals surface area contributed by atoms with Gasteiger partial charge >= 0.3 is 0 Å². The monoisotopic (exact) mass is 341 g/mol. The third-order valence-corrected chi connectivity index (χ3v) is 5.05. The van der Waals surface area contributed by atoms with Crippen LogP contribution in [0.2, 0.25) is 0 Å². The quantitative estimate of drug-likeness (QED) is 0.835. The van der Waals surface area contributed by atoms with E-state index in [1.54, 1.807) is 31.8 Å². The second-order valence-electron chi connectivity index (χ2n) is 6.88. The third-order valence-electron chi connectivity index (χ3n) is 5.05. The van der Waals surface area contributed by atoms with Crippen LogP contribution in [0.25, 0.3) is 0 Å². The smallest absolute Gasteiger partial charge is 0.256 e. The summed E-state index contributed by atoms with van der Waals surface area (Å²) < 4.78 is 7.21. The predicted molar refractivity (Wildman–Crippen MR) is 91.2 cm³/mol. The molecule has 132 valence electrons. The topological polar surface area (TPSA) is 73.1 Å². The predicted octanol–water partition coefficient (Wildman–Crippen LogP) is 2.46. The highest BCUT2D eigenvalue weighted by molar-refractivity contribution is 5.94. The maximum absolute atomic E-state index is 13.0. The lowest BCUT2D eigenvalue weighted by Gasteiger charge is -2.35. The molecule has 2 aromatic rings. The van der Waals surface area contributed by atoms with Gasteiger partial charge in [-0.2, -0.15) is 0 Å². The number of amides is 1. The Bertz CT molecular complexity index is 738. The van der Waals surface area contributed by atoms with Crippen molar-refractivity contribution in [3.8, 4) is 5.88 Å². The number of piperidine rings is 1. The molecule has 0 aromatic carbocycles. The number of ether oxygens (including phenoxy) is 1. The zero-order valence-corrected chi connectivity index (χ0v) is 14.5. The van der Waals surface area contributed by atoms with Crippen LogP contribution in [0, 0.1) is 5.92 Å². The fourth-order valence-electron chi connectivity index (χ4n) is 3.48. The van der Waals surface area contributed by atoms with Crippen molar-refractivity contribution < 1.29 is 9.53 Å². The SMILES string of the molecule is COc1ccc(C(=O)N2CCCC[C@H]2c2nncn2CC2CC2)cn1. The molecule has 1 aliphatic heterocycles. The fourth-order valence-corrected chi connectivity index (χ4v) is 3.48. The molecule has 0 radical (unpaired) electrons. The van der Waals surface area contributed by atoms with Crippen LogP contribution in [0.5, 0.6) is 5.88 Å². The standard InChI is InChI=1S/C18H23N5O2/c1-25-16-8-7-14(10-19-16)18(24)23-9-3-2-4-15(23)17-21-20-12-22(17)11-13-5-6-13/h7-8,10,12-13,15H,2-6,9,11H2,1H3/t15-/m0/s1. The average molecular weight is 341 g/mol. The van der Waals surface area contributed by atoms with Crippen LogP contribution < -0.4 is 4.74 Å². The normalized spacial score (nSPS) is 20.5. The van der Waals surface area contributed by atoms with Crippen molar-refractivity contribution in [2.24, 2.45) is 5.92 Å². The highest BCUT2D eigenvalue weighted by Gasteiger charge is 2.33. The summed E-state index contributed by atoms with van der Waals surface area (Å²) in [4.78, 5) is 19.1. The van der Waals surface area contributed by atoms with E-state index in [1.165, 1.54) is 12.8 Å². The van der Waals surface area contributed by atoms with E-state index in [4.69, 9.17) is 4.74 Å². The van der Waals surface area contributed by atoms with E-state index in [9.17, 15) is 4.79 Å².